The lowest BCUT2D eigenvalue weighted by Gasteiger charge is -2.29. The van der Waals surface area contributed by atoms with Crippen molar-refractivity contribution in [1.82, 2.24) is 0 Å². The van der Waals surface area contributed by atoms with Crippen molar-refractivity contribution < 1.29 is 18.9 Å². The normalized spacial score (nSPS) is 13.0. The van der Waals surface area contributed by atoms with Gasteiger partial charge in [0.05, 0.1) is 0 Å². The predicted octanol–water partition coefficient (Wildman–Crippen LogP) is 11.1. The van der Waals surface area contributed by atoms with Gasteiger partial charge in [0, 0.05) is 0 Å². The quantitative estimate of drug-likeness (QED) is 0.150. The Kier molecular flexibility index (Phi) is 9.70. The first-order valence-electron chi connectivity index (χ1n) is 20.6. The van der Waals surface area contributed by atoms with Crippen LogP contribution in [0.2, 0.25) is 0 Å². The fraction of sp³-hybridized carbons (Fsp3) is 0.185. The lowest BCUT2D eigenvalue weighted by Crippen LogP contribution is -2.27. The maximum absolute atomic E-state index is 6.20. The largest absolute Gasteiger partial charge is 0.454 e. The van der Waals surface area contributed by atoms with Crippen LogP contribution in [0.4, 0.5) is 0 Å². The number of hydrogen-bond acceptors (Lipinski definition) is 4. The second-order valence-electron chi connectivity index (χ2n) is 16.8. The van der Waals surface area contributed by atoms with Gasteiger partial charge in [-0.05, 0) is 160 Å². The molecule has 0 saturated carbocycles. The lowest BCUT2D eigenvalue weighted by molar-refractivity contribution is 0.173. The van der Waals surface area contributed by atoms with Crippen LogP contribution in [0.15, 0.2) is 121 Å². The number of rotatable bonds is 7. The second-order valence-corrected chi connectivity index (χ2v) is 21.2. The molecule has 10 rings (SSSR count). The minimum absolute atomic E-state index is 0.208. The molecular weight excluding hydrogens is 775 g/mol. The Morgan fingerprint density at radius 1 is 0.317 bits per heavy atom. The van der Waals surface area contributed by atoms with Crippen molar-refractivity contribution >= 4 is 69.2 Å². The van der Waals surface area contributed by atoms with Gasteiger partial charge in [-0.25, -0.2) is 0 Å². The third kappa shape index (κ3) is 7.00. The van der Waals surface area contributed by atoms with Crippen molar-refractivity contribution in [2.45, 2.75) is 55.4 Å². The van der Waals surface area contributed by atoms with E-state index in [2.05, 4.69) is 177 Å². The van der Waals surface area contributed by atoms with Crippen LogP contribution in [-0.2, 0) is 0 Å². The number of fused-ring (bicyclic) bond motifs is 4. The molecular formula is C54H48O4P2. The Balaban J connectivity index is 1.41. The van der Waals surface area contributed by atoms with Gasteiger partial charge < -0.3 is 18.9 Å². The van der Waals surface area contributed by atoms with E-state index in [0.29, 0.717) is 0 Å². The maximum Gasteiger partial charge on any atom is 0.231 e. The zero-order valence-electron chi connectivity index (χ0n) is 35.5. The predicted molar refractivity (Wildman–Crippen MR) is 254 cm³/mol. The van der Waals surface area contributed by atoms with Crippen molar-refractivity contribution in [3.05, 3.63) is 166 Å². The molecule has 2 heterocycles. The highest BCUT2D eigenvalue weighted by Crippen LogP contribution is 2.50. The summed E-state index contributed by atoms with van der Waals surface area (Å²) in [4.78, 5) is 0. The van der Waals surface area contributed by atoms with E-state index >= 15 is 0 Å². The molecule has 0 spiro atoms. The van der Waals surface area contributed by atoms with Crippen LogP contribution >= 0.6 is 15.8 Å². The molecule has 298 valence electrons. The van der Waals surface area contributed by atoms with E-state index in [1.165, 1.54) is 87.5 Å². The van der Waals surface area contributed by atoms with E-state index < -0.39 is 15.8 Å². The summed E-state index contributed by atoms with van der Waals surface area (Å²) in [5.74, 6) is 3.10. The Bertz CT molecular complexity index is 2670. The molecule has 8 aromatic carbocycles. The van der Waals surface area contributed by atoms with Gasteiger partial charge in [-0.3, -0.25) is 0 Å². The number of ether oxygens (including phenoxy) is 4. The van der Waals surface area contributed by atoms with Crippen LogP contribution < -0.4 is 50.8 Å². The first-order chi connectivity index (χ1) is 28.9. The molecule has 0 fully saturated rings. The molecule has 60 heavy (non-hydrogen) atoms. The summed E-state index contributed by atoms with van der Waals surface area (Å²) >= 11 is 0. The SMILES string of the molecule is Cc1cc(C)cc(P(c2cc(C)cc(C)c2)c2ccc3cc4c(cc3c2-c2c(P(c3cc(C)cc(C)c3)c3cc(C)cc(C)c3)ccc3cc5c(cc23)OCO5)OCO4)c1. The van der Waals surface area contributed by atoms with E-state index in [4.69, 9.17) is 18.9 Å². The fourth-order valence-electron chi connectivity index (χ4n) is 9.48. The maximum atomic E-state index is 6.20. The summed E-state index contributed by atoms with van der Waals surface area (Å²) in [7, 11) is -2.15. The molecule has 0 radical (unpaired) electrons. The van der Waals surface area contributed by atoms with Gasteiger partial charge >= 0.3 is 0 Å². The van der Waals surface area contributed by atoms with Crippen molar-refractivity contribution in [1.29, 1.82) is 0 Å². The molecule has 0 bridgehead atoms. The third-order valence-corrected chi connectivity index (χ3v) is 16.4. The molecule has 0 atom stereocenters. The molecule has 6 heteroatoms. The summed E-state index contributed by atoms with van der Waals surface area (Å²) in [5.41, 5.74) is 12.5. The highest BCUT2D eigenvalue weighted by molar-refractivity contribution is 7.81. The first kappa shape index (κ1) is 38.5. The highest BCUT2D eigenvalue weighted by atomic mass is 31.1. The Labute approximate surface area is 355 Å². The lowest BCUT2D eigenvalue weighted by atomic mass is 9.93. The van der Waals surface area contributed by atoms with Crippen LogP contribution in [0.1, 0.15) is 44.5 Å². The van der Waals surface area contributed by atoms with Gasteiger partial charge in [-0.1, -0.05) is 142 Å². The molecule has 2 aliphatic heterocycles. The van der Waals surface area contributed by atoms with E-state index in [1.54, 1.807) is 0 Å². The molecule has 2 aliphatic rings. The Hall–Kier alpha value is -5.66. The van der Waals surface area contributed by atoms with E-state index in [1.807, 2.05) is 0 Å². The molecule has 0 unspecified atom stereocenters. The minimum atomic E-state index is -1.08. The smallest absolute Gasteiger partial charge is 0.231 e. The average molecular weight is 823 g/mol. The van der Waals surface area contributed by atoms with Gasteiger partial charge in [-0.15, -0.1) is 0 Å². The van der Waals surface area contributed by atoms with Crippen molar-refractivity contribution in [2.24, 2.45) is 0 Å². The van der Waals surface area contributed by atoms with Crippen LogP contribution in [0.3, 0.4) is 0 Å². The fourth-order valence-corrected chi connectivity index (χ4v) is 15.2. The molecule has 4 nitrogen and oxygen atoms in total. The monoisotopic (exact) mass is 822 g/mol. The van der Waals surface area contributed by atoms with Gasteiger partial charge in [0.25, 0.3) is 0 Å². The molecule has 0 aromatic heterocycles. The summed E-state index contributed by atoms with van der Waals surface area (Å²) < 4.78 is 24.4. The van der Waals surface area contributed by atoms with Gasteiger partial charge in [-0.2, -0.15) is 0 Å². The van der Waals surface area contributed by atoms with Crippen LogP contribution in [-0.4, -0.2) is 13.6 Å². The van der Waals surface area contributed by atoms with Crippen LogP contribution in [0.5, 0.6) is 23.0 Å². The van der Waals surface area contributed by atoms with Crippen LogP contribution in [0.25, 0.3) is 32.7 Å². The molecule has 0 amide bonds. The Morgan fingerprint density at radius 2 is 0.583 bits per heavy atom. The minimum Gasteiger partial charge on any atom is -0.454 e. The molecule has 0 saturated heterocycles. The number of hydrogen-bond donors (Lipinski definition) is 0. The summed E-state index contributed by atoms with van der Waals surface area (Å²) in [6.07, 6.45) is 0. The third-order valence-electron chi connectivity index (χ3n) is 11.6. The Morgan fingerprint density at radius 3 is 0.867 bits per heavy atom. The van der Waals surface area contributed by atoms with Gasteiger partial charge in [0.2, 0.25) is 13.6 Å². The van der Waals surface area contributed by atoms with Gasteiger partial charge in [0.15, 0.2) is 23.0 Å². The molecule has 0 aliphatic carbocycles. The van der Waals surface area contributed by atoms with Crippen molar-refractivity contribution in [3.8, 4) is 34.1 Å². The van der Waals surface area contributed by atoms with Gasteiger partial charge in [0.1, 0.15) is 0 Å². The average Bonchev–Trinajstić information content (AvgIpc) is 3.84. The molecule has 0 N–H and O–H groups in total. The molecule has 8 aromatic rings. The standard InChI is InChI=1S/C54H48O4P2/c1-31-13-32(2)18-41(17-31)59(42-19-33(3)14-34(4)20-42)51-11-9-39-25-47-49(57-29-55-47)27-45(39)53(51)54-46-28-50-48(56-30-58-50)26-40(46)10-12-52(54)60(43-21-35(5)15-36(6)22-43)44-23-37(7)16-38(8)24-44/h9-28H,29-30H2,1-8H3. The highest BCUT2D eigenvalue weighted by Gasteiger charge is 2.31. The summed E-state index contributed by atoms with van der Waals surface area (Å²) in [6.45, 7) is 18.2. The summed E-state index contributed by atoms with van der Waals surface area (Å²) in [6, 6.07) is 46.6. The van der Waals surface area contributed by atoms with E-state index in [9.17, 15) is 0 Å². The van der Waals surface area contributed by atoms with Crippen LogP contribution in [0, 0.1) is 55.4 Å². The first-order valence-corrected chi connectivity index (χ1v) is 23.3. The topological polar surface area (TPSA) is 36.9 Å². The van der Waals surface area contributed by atoms with E-state index in [-0.39, 0.29) is 13.6 Å². The summed E-state index contributed by atoms with van der Waals surface area (Å²) in [5, 5.41) is 12.4. The number of benzene rings is 8. The van der Waals surface area contributed by atoms with E-state index in [0.717, 1.165) is 44.5 Å². The number of aryl methyl sites for hydroxylation is 8. The van der Waals surface area contributed by atoms with Crippen molar-refractivity contribution in [3.63, 3.8) is 0 Å². The zero-order valence-corrected chi connectivity index (χ0v) is 37.3. The van der Waals surface area contributed by atoms with Crippen molar-refractivity contribution in [2.75, 3.05) is 13.6 Å². The second kappa shape index (κ2) is 15.1. The zero-order chi connectivity index (χ0) is 41.4.